The van der Waals surface area contributed by atoms with Crippen LogP contribution >= 0.6 is 22.9 Å². The molecule has 0 unspecified atom stereocenters. The van der Waals surface area contributed by atoms with Gasteiger partial charge in [-0.2, -0.15) is 0 Å². The minimum Gasteiger partial charge on any atom is -0.357 e. The van der Waals surface area contributed by atoms with Crippen molar-refractivity contribution in [3.8, 4) is 0 Å². The van der Waals surface area contributed by atoms with Gasteiger partial charge in [-0.1, -0.05) is 23.7 Å². The zero-order chi connectivity index (χ0) is 17.2. The minimum absolute atomic E-state index is 0.783. The van der Waals surface area contributed by atoms with Gasteiger partial charge in [0.2, 0.25) is 0 Å². The maximum absolute atomic E-state index is 5.90. The minimum atomic E-state index is 0.783. The fraction of sp³-hybridized carbons (Fsp3) is 0.444. The summed E-state index contributed by atoms with van der Waals surface area (Å²) >= 11 is 7.65. The average molecular weight is 365 g/mol. The number of guanidine groups is 1. The van der Waals surface area contributed by atoms with Gasteiger partial charge in [0, 0.05) is 42.2 Å². The van der Waals surface area contributed by atoms with Crippen LogP contribution in [-0.4, -0.2) is 30.6 Å². The van der Waals surface area contributed by atoms with E-state index in [2.05, 4.69) is 46.6 Å². The van der Waals surface area contributed by atoms with E-state index in [4.69, 9.17) is 11.6 Å². The van der Waals surface area contributed by atoms with Crippen LogP contribution < -0.4 is 10.6 Å². The number of thiazole rings is 1. The molecule has 0 saturated carbocycles. The molecule has 1 aromatic heterocycles. The largest absolute Gasteiger partial charge is 0.357 e. The topological polar surface area (TPSA) is 49.3 Å². The van der Waals surface area contributed by atoms with E-state index in [9.17, 15) is 0 Å². The molecular formula is C18H25ClN4S. The second-order valence-corrected chi connectivity index (χ2v) is 7.29. The number of aliphatic imine (C=N–C) groups is 1. The number of aromatic nitrogens is 1. The number of benzene rings is 1. The molecule has 0 saturated heterocycles. The molecule has 0 aliphatic carbocycles. The normalized spacial score (nSPS) is 11.5. The van der Waals surface area contributed by atoms with Gasteiger partial charge in [0.05, 0.1) is 5.01 Å². The number of hydrogen-bond acceptors (Lipinski definition) is 3. The van der Waals surface area contributed by atoms with Crippen LogP contribution in [0.4, 0.5) is 0 Å². The van der Waals surface area contributed by atoms with Gasteiger partial charge in [-0.25, -0.2) is 4.98 Å². The lowest BCUT2D eigenvalue weighted by molar-refractivity contribution is 0.775. The maximum atomic E-state index is 5.90. The van der Waals surface area contributed by atoms with Crippen molar-refractivity contribution < 1.29 is 0 Å². The molecule has 0 aliphatic heterocycles. The molecule has 4 nitrogen and oxygen atoms in total. The summed E-state index contributed by atoms with van der Waals surface area (Å²) < 4.78 is 0. The maximum Gasteiger partial charge on any atom is 0.191 e. The van der Waals surface area contributed by atoms with Crippen LogP contribution in [0.2, 0.25) is 5.02 Å². The van der Waals surface area contributed by atoms with E-state index in [-0.39, 0.29) is 0 Å². The van der Waals surface area contributed by atoms with Gasteiger partial charge in [0.15, 0.2) is 5.96 Å². The molecule has 0 aliphatic rings. The first-order valence-corrected chi connectivity index (χ1v) is 9.54. The zero-order valence-electron chi connectivity index (χ0n) is 14.3. The monoisotopic (exact) mass is 364 g/mol. The molecule has 2 N–H and O–H groups in total. The third kappa shape index (κ3) is 6.89. The van der Waals surface area contributed by atoms with Crippen LogP contribution in [0.1, 0.15) is 28.8 Å². The van der Waals surface area contributed by atoms with Gasteiger partial charge in [-0.3, -0.25) is 4.99 Å². The number of nitrogens with zero attached hydrogens (tertiary/aromatic N) is 2. The smallest absolute Gasteiger partial charge is 0.191 e. The highest BCUT2D eigenvalue weighted by molar-refractivity contribution is 7.11. The lowest BCUT2D eigenvalue weighted by atomic mass is 10.1. The Morgan fingerprint density at radius 2 is 2.00 bits per heavy atom. The van der Waals surface area contributed by atoms with Crippen LogP contribution in [0.3, 0.4) is 0 Å². The number of halogens is 1. The average Bonchev–Trinajstić information content (AvgIpc) is 2.98. The lowest BCUT2D eigenvalue weighted by Crippen LogP contribution is -2.38. The predicted octanol–water partition coefficient (Wildman–Crippen LogP) is 3.84. The summed E-state index contributed by atoms with van der Waals surface area (Å²) in [7, 11) is 0. The molecule has 0 spiro atoms. The molecule has 0 atom stereocenters. The Morgan fingerprint density at radius 3 is 2.67 bits per heavy atom. The van der Waals surface area contributed by atoms with E-state index < -0.39 is 0 Å². The van der Waals surface area contributed by atoms with Gasteiger partial charge in [0.1, 0.15) is 0 Å². The molecule has 24 heavy (non-hydrogen) atoms. The molecular weight excluding hydrogens is 340 g/mol. The fourth-order valence-electron chi connectivity index (χ4n) is 2.27. The third-order valence-corrected chi connectivity index (χ3v) is 4.68. The van der Waals surface area contributed by atoms with E-state index in [0.717, 1.165) is 49.9 Å². The molecule has 130 valence electrons. The molecule has 0 bridgehead atoms. The molecule has 1 aromatic carbocycles. The zero-order valence-corrected chi connectivity index (χ0v) is 15.9. The summed E-state index contributed by atoms with van der Waals surface area (Å²) in [6, 6.07) is 8.02. The molecule has 2 aromatic rings. The second kappa shape index (κ2) is 10.3. The van der Waals surface area contributed by atoms with Crippen molar-refractivity contribution in [2.75, 3.05) is 19.6 Å². The van der Waals surface area contributed by atoms with Crippen LogP contribution in [0, 0.1) is 6.92 Å². The first-order valence-electron chi connectivity index (χ1n) is 8.35. The SMILES string of the molecule is CCNC(=NCCCc1ccc(Cl)cc1)NCCc1ncc(C)s1. The third-order valence-electron chi connectivity index (χ3n) is 3.45. The van der Waals surface area contributed by atoms with Crippen molar-refractivity contribution in [1.82, 2.24) is 15.6 Å². The lowest BCUT2D eigenvalue weighted by Gasteiger charge is -2.10. The van der Waals surface area contributed by atoms with Crippen molar-refractivity contribution in [1.29, 1.82) is 0 Å². The van der Waals surface area contributed by atoms with E-state index in [1.807, 2.05) is 18.3 Å². The number of hydrogen-bond donors (Lipinski definition) is 2. The Balaban J connectivity index is 1.72. The summed E-state index contributed by atoms with van der Waals surface area (Å²) in [6.45, 7) is 6.67. The highest BCUT2D eigenvalue weighted by atomic mass is 35.5. The molecule has 2 rings (SSSR count). The quantitative estimate of drug-likeness (QED) is 0.425. The summed E-state index contributed by atoms with van der Waals surface area (Å²) in [6.07, 6.45) is 4.88. The number of nitrogens with one attached hydrogen (secondary N) is 2. The summed E-state index contributed by atoms with van der Waals surface area (Å²) in [5, 5.41) is 8.61. The van der Waals surface area contributed by atoms with E-state index in [1.165, 1.54) is 15.4 Å². The summed E-state index contributed by atoms with van der Waals surface area (Å²) in [5.74, 6) is 0.877. The molecule has 0 amide bonds. The molecule has 1 heterocycles. The van der Waals surface area contributed by atoms with Gasteiger partial charge >= 0.3 is 0 Å². The van der Waals surface area contributed by atoms with Crippen molar-refractivity contribution in [2.45, 2.75) is 33.1 Å². The number of rotatable bonds is 8. The number of aryl methyl sites for hydroxylation is 2. The Labute approximate surface area is 153 Å². The van der Waals surface area contributed by atoms with Crippen molar-refractivity contribution in [2.24, 2.45) is 4.99 Å². The van der Waals surface area contributed by atoms with Crippen molar-refractivity contribution in [3.05, 3.63) is 50.9 Å². The van der Waals surface area contributed by atoms with Crippen LogP contribution in [0.5, 0.6) is 0 Å². The Bertz CT molecular complexity index is 637. The molecule has 6 heteroatoms. The fourth-order valence-corrected chi connectivity index (χ4v) is 3.18. The Morgan fingerprint density at radius 1 is 1.21 bits per heavy atom. The van der Waals surface area contributed by atoms with E-state index in [1.54, 1.807) is 11.3 Å². The first-order chi connectivity index (χ1) is 11.7. The van der Waals surface area contributed by atoms with Gasteiger partial charge in [-0.05, 0) is 44.4 Å². The van der Waals surface area contributed by atoms with Crippen molar-refractivity contribution in [3.63, 3.8) is 0 Å². The second-order valence-electron chi connectivity index (χ2n) is 5.53. The van der Waals surface area contributed by atoms with Gasteiger partial charge < -0.3 is 10.6 Å². The van der Waals surface area contributed by atoms with Gasteiger partial charge in [-0.15, -0.1) is 11.3 Å². The summed E-state index contributed by atoms with van der Waals surface area (Å²) in [4.78, 5) is 10.3. The first kappa shape index (κ1) is 18.7. The van der Waals surface area contributed by atoms with Crippen LogP contribution in [-0.2, 0) is 12.8 Å². The standard InChI is InChI=1S/C18H25ClN4S/c1-3-20-18(22-12-10-17-23-13-14(2)24-17)21-11-4-5-15-6-8-16(19)9-7-15/h6-9,13H,3-5,10-12H2,1-2H3,(H2,20,21,22). The highest BCUT2D eigenvalue weighted by Crippen LogP contribution is 2.11. The van der Waals surface area contributed by atoms with E-state index in [0.29, 0.717) is 0 Å². The molecule has 0 radical (unpaired) electrons. The molecule has 0 fully saturated rings. The van der Waals surface area contributed by atoms with Crippen molar-refractivity contribution >= 4 is 28.9 Å². The summed E-state index contributed by atoms with van der Waals surface area (Å²) in [5.41, 5.74) is 1.30. The predicted molar refractivity (Wildman–Crippen MR) is 104 cm³/mol. The van der Waals surface area contributed by atoms with Crippen LogP contribution in [0.25, 0.3) is 0 Å². The van der Waals surface area contributed by atoms with Crippen LogP contribution in [0.15, 0.2) is 35.5 Å². The Hall–Kier alpha value is -1.59. The van der Waals surface area contributed by atoms with Gasteiger partial charge in [0.25, 0.3) is 0 Å². The Kier molecular flexibility index (Phi) is 8.05. The highest BCUT2D eigenvalue weighted by Gasteiger charge is 2.01. The van der Waals surface area contributed by atoms with E-state index >= 15 is 0 Å².